The van der Waals surface area contributed by atoms with Crippen LogP contribution < -0.4 is 5.32 Å². The fourth-order valence-electron chi connectivity index (χ4n) is 1.77. The summed E-state index contributed by atoms with van der Waals surface area (Å²) in [7, 11) is 0. The molecule has 0 bridgehead atoms. The number of carbonyl (C=O) groups excluding carboxylic acids is 1. The van der Waals surface area contributed by atoms with Crippen LogP contribution in [0.15, 0.2) is 0 Å². The smallest absolute Gasteiger partial charge is 0.223 e. The third-order valence-corrected chi connectivity index (χ3v) is 2.98. The van der Waals surface area contributed by atoms with Crippen molar-refractivity contribution in [2.75, 3.05) is 6.54 Å². The Morgan fingerprint density at radius 1 is 1.43 bits per heavy atom. The molecule has 1 atom stereocenters. The molecular formula is C11H21NO2. The molecule has 0 aromatic heterocycles. The molecule has 1 rings (SSSR count). The third-order valence-electron chi connectivity index (χ3n) is 2.98. The fourth-order valence-corrected chi connectivity index (χ4v) is 1.77. The van der Waals surface area contributed by atoms with E-state index in [0.29, 0.717) is 6.54 Å². The molecule has 1 amide bonds. The van der Waals surface area contributed by atoms with Crippen LogP contribution in [-0.4, -0.2) is 23.7 Å². The second-order valence-electron chi connectivity index (χ2n) is 4.54. The predicted molar refractivity (Wildman–Crippen MR) is 55.8 cm³/mol. The maximum atomic E-state index is 11.6. The van der Waals surface area contributed by atoms with Crippen molar-refractivity contribution < 1.29 is 9.90 Å². The summed E-state index contributed by atoms with van der Waals surface area (Å²) in [6.07, 6.45) is 3.96. The lowest BCUT2D eigenvalue weighted by Crippen LogP contribution is -2.37. The minimum absolute atomic E-state index is 0.127. The molecule has 82 valence electrons. The highest BCUT2D eigenvalue weighted by Crippen LogP contribution is 2.24. The second kappa shape index (κ2) is 5.35. The summed E-state index contributed by atoms with van der Waals surface area (Å²) in [5.41, 5.74) is 0. The zero-order chi connectivity index (χ0) is 10.6. The van der Waals surface area contributed by atoms with Crippen LogP contribution in [0.25, 0.3) is 0 Å². The summed E-state index contributed by atoms with van der Waals surface area (Å²) >= 11 is 0. The van der Waals surface area contributed by atoms with Gasteiger partial charge in [0.2, 0.25) is 5.91 Å². The Balaban J connectivity index is 2.20. The Bertz CT molecular complexity index is 186. The standard InChI is InChI=1S/C11H21NO2/c1-8(2)10(13)7-12-11(14)9-5-3-4-6-9/h8-10,13H,3-7H2,1-2H3,(H,12,14). The quantitative estimate of drug-likeness (QED) is 0.717. The molecule has 0 heterocycles. The first kappa shape index (κ1) is 11.5. The van der Waals surface area contributed by atoms with Crippen molar-refractivity contribution in [1.82, 2.24) is 5.32 Å². The van der Waals surface area contributed by atoms with Crippen LogP contribution in [0.4, 0.5) is 0 Å². The molecule has 1 unspecified atom stereocenters. The number of nitrogens with one attached hydrogen (secondary N) is 1. The number of aliphatic hydroxyl groups excluding tert-OH is 1. The van der Waals surface area contributed by atoms with Crippen molar-refractivity contribution in [1.29, 1.82) is 0 Å². The van der Waals surface area contributed by atoms with Gasteiger partial charge >= 0.3 is 0 Å². The van der Waals surface area contributed by atoms with Gasteiger partial charge in [-0.25, -0.2) is 0 Å². The van der Waals surface area contributed by atoms with Gasteiger partial charge in [0.15, 0.2) is 0 Å². The van der Waals surface area contributed by atoms with Gasteiger partial charge in [-0.2, -0.15) is 0 Å². The van der Waals surface area contributed by atoms with Crippen molar-refractivity contribution in [2.24, 2.45) is 11.8 Å². The number of carbonyl (C=O) groups is 1. The third kappa shape index (κ3) is 3.29. The van der Waals surface area contributed by atoms with Crippen LogP contribution in [0.5, 0.6) is 0 Å². The van der Waals surface area contributed by atoms with E-state index in [0.717, 1.165) is 12.8 Å². The summed E-state index contributed by atoms with van der Waals surface area (Å²) in [6, 6.07) is 0. The van der Waals surface area contributed by atoms with Crippen LogP contribution >= 0.6 is 0 Å². The van der Waals surface area contributed by atoms with Gasteiger partial charge in [0.1, 0.15) is 0 Å². The van der Waals surface area contributed by atoms with Gasteiger partial charge in [0.25, 0.3) is 0 Å². The second-order valence-corrected chi connectivity index (χ2v) is 4.54. The maximum Gasteiger partial charge on any atom is 0.223 e. The van der Waals surface area contributed by atoms with Crippen LogP contribution in [0.1, 0.15) is 39.5 Å². The van der Waals surface area contributed by atoms with Crippen molar-refractivity contribution in [3.05, 3.63) is 0 Å². The molecule has 0 radical (unpaired) electrons. The number of aliphatic hydroxyl groups is 1. The van der Waals surface area contributed by atoms with E-state index < -0.39 is 6.10 Å². The lowest BCUT2D eigenvalue weighted by Gasteiger charge is -2.16. The SMILES string of the molecule is CC(C)C(O)CNC(=O)C1CCCC1. The summed E-state index contributed by atoms with van der Waals surface area (Å²) < 4.78 is 0. The molecule has 0 saturated heterocycles. The molecule has 3 heteroatoms. The molecule has 0 spiro atoms. The molecule has 1 fully saturated rings. The molecule has 2 N–H and O–H groups in total. The predicted octanol–water partition coefficient (Wildman–Crippen LogP) is 1.31. The summed E-state index contributed by atoms with van der Waals surface area (Å²) in [6.45, 7) is 4.30. The van der Waals surface area contributed by atoms with E-state index >= 15 is 0 Å². The lowest BCUT2D eigenvalue weighted by atomic mass is 10.1. The molecular weight excluding hydrogens is 178 g/mol. The van der Waals surface area contributed by atoms with E-state index in [1.165, 1.54) is 12.8 Å². The zero-order valence-corrected chi connectivity index (χ0v) is 9.12. The van der Waals surface area contributed by atoms with Crippen LogP contribution in [-0.2, 0) is 4.79 Å². The zero-order valence-electron chi connectivity index (χ0n) is 9.12. The monoisotopic (exact) mass is 199 g/mol. The fraction of sp³-hybridized carbons (Fsp3) is 0.909. The molecule has 1 aliphatic carbocycles. The number of hydrogen-bond acceptors (Lipinski definition) is 2. The van der Waals surface area contributed by atoms with Crippen molar-refractivity contribution >= 4 is 5.91 Å². The Hall–Kier alpha value is -0.570. The maximum absolute atomic E-state index is 11.6. The van der Waals surface area contributed by atoms with Crippen molar-refractivity contribution in [3.8, 4) is 0 Å². The summed E-state index contributed by atoms with van der Waals surface area (Å²) in [5.74, 6) is 0.537. The molecule has 1 saturated carbocycles. The van der Waals surface area contributed by atoms with Crippen molar-refractivity contribution in [2.45, 2.75) is 45.6 Å². The van der Waals surface area contributed by atoms with Gasteiger partial charge in [-0.05, 0) is 18.8 Å². The van der Waals surface area contributed by atoms with E-state index in [1.54, 1.807) is 0 Å². The average Bonchev–Trinajstić information content (AvgIpc) is 2.66. The largest absolute Gasteiger partial charge is 0.391 e. The number of amides is 1. The van der Waals surface area contributed by atoms with Gasteiger partial charge in [0.05, 0.1) is 6.10 Å². The molecule has 1 aliphatic rings. The van der Waals surface area contributed by atoms with Gasteiger partial charge in [-0.1, -0.05) is 26.7 Å². The highest BCUT2D eigenvalue weighted by Gasteiger charge is 2.23. The Morgan fingerprint density at radius 2 is 2.00 bits per heavy atom. The normalized spacial score (nSPS) is 20.0. The topological polar surface area (TPSA) is 49.3 Å². The van der Waals surface area contributed by atoms with Crippen LogP contribution in [0.2, 0.25) is 0 Å². The first-order valence-electron chi connectivity index (χ1n) is 5.57. The van der Waals surface area contributed by atoms with E-state index in [1.807, 2.05) is 13.8 Å². The summed E-state index contributed by atoms with van der Waals surface area (Å²) in [5, 5.41) is 12.3. The highest BCUT2D eigenvalue weighted by atomic mass is 16.3. The molecule has 0 aliphatic heterocycles. The van der Waals surface area contributed by atoms with Crippen molar-refractivity contribution in [3.63, 3.8) is 0 Å². The Kier molecular flexibility index (Phi) is 4.39. The van der Waals surface area contributed by atoms with Gasteiger partial charge in [-0.15, -0.1) is 0 Å². The minimum atomic E-state index is -0.416. The molecule has 14 heavy (non-hydrogen) atoms. The van der Waals surface area contributed by atoms with Gasteiger partial charge in [0, 0.05) is 12.5 Å². The average molecular weight is 199 g/mol. The van der Waals surface area contributed by atoms with Crippen LogP contribution in [0, 0.1) is 11.8 Å². The molecule has 3 nitrogen and oxygen atoms in total. The molecule has 0 aromatic rings. The van der Waals surface area contributed by atoms with Gasteiger partial charge in [-0.3, -0.25) is 4.79 Å². The highest BCUT2D eigenvalue weighted by molar-refractivity contribution is 5.78. The van der Waals surface area contributed by atoms with E-state index in [2.05, 4.69) is 5.32 Å². The first-order valence-corrected chi connectivity index (χ1v) is 5.57. The lowest BCUT2D eigenvalue weighted by molar-refractivity contribution is -0.125. The van der Waals surface area contributed by atoms with Crippen LogP contribution in [0.3, 0.4) is 0 Å². The Labute approximate surface area is 85.9 Å². The minimum Gasteiger partial charge on any atom is -0.391 e. The van der Waals surface area contributed by atoms with E-state index in [-0.39, 0.29) is 17.7 Å². The summed E-state index contributed by atoms with van der Waals surface area (Å²) in [4.78, 5) is 11.6. The first-order chi connectivity index (χ1) is 6.61. The van der Waals surface area contributed by atoms with E-state index in [4.69, 9.17) is 0 Å². The number of rotatable bonds is 4. The molecule has 0 aromatic carbocycles. The Morgan fingerprint density at radius 3 is 2.50 bits per heavy atom. The van der Waals surface area contributed by atoms with E-state index in [9.17, 15) is 9.90 Å². The van der Waals surface area contributed by atoms with Gasteiger partial charge < -0.3 is 10.4 Å². The number of hydrogen-bond donors (Lipinski definition) is 2.